The minimum atomic E-state index is -3.68. The van der Waals surface area contributed by atoms with E-state index in [0.717, 1.165) is 21.7 Å². The summed E-state index contributed by atoms with van der Waals surface area (Å²) in [4.78, 5) is 12.7. The molecule has 0 saturated heterocycles. The third-order valence-electron chi connectivity index (χ3n) is 3.88. The summed E-state index contributed by atoms with van der Waals surface area (Å²) in [6.07, 6.45) is 1.08. The van der Waals surface area contributed by atoms with Gasteiger partial charge in [0.25, 0.3) is 0 Å². The van der Waals surface area contributed by atoms with Crippen molar-refractivity contribution in [3.8, 4) is 0 Å². The first-order valence-electron chi connectivity index (χ1n) is 7.83. The second kappa shape index (κ2) is 7.86. The molecular weight excluding hydrogens is 395 g/mol. The molecule has 0 saturated carbocycles. The standard InChI is InChI=1S/C18H20Cl2N2O3S/c1-11-5-6-12(2)17(9-11)22(26(4,24)25)13(3)18(23)21-14-7-8-15(19)16(20)10-14/h5-10,13H,1-4H3,(H,21,23)/t13-/m0/s1. The van der Waals surface area contributed by atoms with E-state index in [1.807, 2.05) is 19.1 Å². The third-order valence-corrected chi connectivity index (χ3v) is 5.84. The van der Waals surface area contributed by atoms with Gasteiger partial charge in [0.2, 0.25) is 15.9 Å². The maximum atomic E-state index is 12.7. The summed E-state index contributed by atoms with van der Waals surface area (Å²) in [5.41, 5.74) is 2.57. The van der Waals surface area contributed by atoms with Gasteiger partial charge >= 0.3 is 0 Å². The predicted molar refractivity (Wildman–Crippen MR) is 108 cm³/mol. The van der Waals surface area contributed by atoms with Gasteiger partial charge in [0.15, 0.2) is 0 Å². The molecule has 0 spiro atoms. The van der Waals surface area contributed by atoms with Crippen molar-refractivity contribution in [3.63, 3.8) is 0 Å². The van der Waals surface area contributed by atoms with E-state index < -0.39 is 22.0 Å². The molecule has 1 N–H and O–H groups in total. The summed E-state index contributed by atoms with van der Waals surface area (Å²) < 4.78 is 25.9. The number of carbonyl (C=O) groups excluding carboxylic acids is 1. The van der Waals surface area contributed by atoms with Crippen LogP contribution in [0, 0.1) is 13.8 Å². The number of hydrogen-bond donors (Lipinski definition) is 1. The van der Waals surface area contributed by atoms with Gasteiger partial charge in [0, 0.05) is 5.69 Å². The second-order valence-corrected chi connectivity index (χ2v) is 8.82. The SMILES string of the molecule is Cc1ccc(C)c(N([C@@H](C)C(=O)Nc2ccc(Cl)c(Cl)c2)S(C)(=O)=O)c1. The first kappa shape index (κ1) is 20.6. The fraction of sp³-hybridized carbons (Fsp3) is 0.278. The minimum absolute atomic E-state index is 0.298. The lowest BCUT2D eigenvalue weighted by Gasteiger charge is -2.29. The number of sulfonamides is 1. The lowest BCUT2D eigenvalue weighted by Crippen LogP contribution is -2.45. The summed E-state index contributed by atoms with van der Waals surface area (Å²) in [5, 5.41) is 3.34. The van der Waals surface area contributed by atoms with E-state index in [2.05, 4.69) is 5.32 Å². The quantitative estimate of drug-likeness (QED) is 0.787. The number of anilines is 2. The molecule has 0 fully saturated rings. The Hall–Kier alpha value is -1.76. The lowest BCUT2D eigenvalue weighted by atomic mass is 10.1. The molecule has 0 heterocycles. The normalized spacial score (nSPS) is 12.5. The Bertz CT molecular complexity index is 945. The van der Waals surface area contributed by atoms with E-state index in [9.17, 15) is 13.2 Å². The van der Waals surface area contributed by atoms with Gasteiger partial charge in [-0.1, -0.05) is 35.3 Å². The maximum absolute atomic E-state index is 12.7. The van der Waals surface area contributed by atoms with Crippen molar-refractivity contribution in [2.75, 3.05) is 15.9 Å². The van der Waals surface area contributed by atoms with E-state index in [1.165, 1.54) is 13.0 Å². The molecule has 0 radical (unpaired) electrons. The van der Waals surface area contributed by atoms with Crippen LogP contribution in [0.2, 0.25) is 10.0 Å². The number of hydrogen-bond acceptors (Lipinski definition) is 3. The van der Waals surface area contributed by atoms with Crippen LogP contribution in [-0.4, -0.2) is 26.6 Å². The average molecular weight is 415 g/mol. The van der Waals surface area contributed by atoms with E-state index in [-0.39, 0.29) is 0 Å². The topological polar surface area (TPSA) is 66.5 Å². The van der Waals surface area contributed by atoms with Crippen LogP contribution in [0.15, 0.2) is 36.4 Å². The summed E-state index contributed by atoms with van der Waals surface area (Å²) in [7, 11) is -3.68. The van der Waals surface area contributed by atoms with Gasteiger partial charge in [0.1, 0.15) is 6.04 Å². The molecule has 0 aliphatic rings. The van der Waals surface area contributed by atoms with Gasteiger partial charge in [0.05, 0.1) is 22.0 Å². The van der Waals surface area contributed by atoms with Crippen LogP contribution in [0.1, 0.15) is 18.1 Å². The van der Waals surface area contributed by atoms with Crippen LogP contribution in [-0.2, 0) is 14.8 Å². The van der Waals surface area contributed by atoms with Gasteiger partial charge in [-0.15, -0.1) is 0 Å². The molecule has 1 amide bonds. The monoisotopic (exact) mass is 414 g/mol. The molecule has 8 heteroatoms. The summed E-state index contributed by atoms with van der Waals surface area (Å²) in [5.74, 6) is -0.477. The Morgan fingerprint density at radius 3 is 2.31 bits per heavy atom. The van der Waals surface area contributed by atoms with Crippen LogP contribution in [0.25, 0.3) is 0 Å². The molecule has 5 nitrogen and oxygen atoms in total. The van der Waals surface area contributed by atoms with Gasteiger partial charge in [-0.3, -0.25) is 9.10 Å². The van der Waals surface area contributed by atoms with E-state index >= 15 is 0 Å². The van der Waals surface area contributed by atoms with E-state index in [1.54, 1.807) is 25.1 Å². The van der Waals surface area contributed by atoms with Crippen LogP contribution < -0.4 is 9.62 Å². The summed E-state index contributed by atoms with van der Waals surface area (Å²) in [6.45, 7) is 5.20. The Morgan fingerprint density at radius 1 is 1.08 bits per heavy atom. The molecule has 0 aromatic heterocycles. The first-order valence-corrected chi connectivity index (χ1v) is 10.4. The van der Waals surface area contributed by atoms with Crippen LogP contribution in [0.5, 0.6) is 0 Å². The number of carbonyl (C=O) groups is 1. The van der Waals surface area contributed by atoms with E-state index in [0.29, 0.717) is 21.4 Å². The molecule has 1 atom stereocenters. The zero-order valence-electron chi connectivity index (χ0n) is 14.9. The molecule has 0 bridgehead atoms. The molecular formula is C18H20Cl2N2O3S. The van der Waals surface area contributed by atoms with Crippen molar-refractivity contribution in [3.05, 3.63) is 57.6 Å². The first-order chi connectivity index (χ1) is 12.0. The lowest BCUT2D eigenvalue weighted by molar-refractivity contribution is -0.116. The van der Waals surface area contributed by atoms with Crippen molar-refractivity contribution in [1.82, 2.24) is 0 Å². The summed E-state index contributed by atoms with van der Waals surface area (Å²) in [6, 6.07) is 9.17. The molecule has 0 aliphatic heterocycles. The highest BCUT2D eigenvalue weighted by Crippen LogP contribution is 2.28. The van der Waals surface area contributed by atoms with Crippen molar-refractivity contribution in [1.29, 1.82) is 0 Å². The second-order valence-electron chi connectivity index (χ2n) is 6.14. The van der Waals surface area contributed by atoms with E-state index in [4.69, 9.17) is 23.2 Å². The summed E-state index contributed by atoms with van der Waals surface area (Å²) >= 11 is 11.8. The van der Waals surface area contributed by atoms with Gasteiger partial charge < -0.3 is 5.32 Å². The fourth-order valence-corrected chi connectivity index (χ4v) is 4.08. The van der Waals surface area contributed by atoms with Crippen molar-refractivity contribution < 1.29 is 13.2 Å². The Morgan fingerprint density at radius 2 is 1.73 bits per heavy atom. The minimum Gasteiger partial charge on any atom is -0.324 e. The van der Waals surface area contributed by atoms with Crippen molar-refractivity contribution in [2.45, 2.75) is 26.8 Å². The number of aryl methyl sites for hydroxylation is 2. The van der Waals surface area contributed by atoms with Crippen LogP contribution >= 0.6 is 23.2 Å². The smallest absolute Gasteiger partial charge is 0.247 e. The molecule has 2 aromatic rings. The van der Waals surface area contributed by atoms with Crippen molar-refractivity contribution >= 4 is 50.5 Å². The average Bonchev–Trinajstić information content (AvgIpc) is 2.53. The maximum Gasteiger partial charge on any atom is 0.247 e. The van der Waals surface area contributed by atoms with Gasteiger partial charge in [-0.25, -0.2) is 8.42 Å². The predicted octanol–water partition coefficient (Wildman–Crippen LogP) is 4.40. The molecule has 0 unspecified atom stereocenters. The molecule has 2 rings (SSSR count). The number of nitrogens with zero attached hydrogens (tertiary/aromatic N) is 1. The van der Waals surface area contributed by atoms with Gasteiger partial charge in [-0.2, -0.15) is 0 Å². The molecule has 0 aliphatic carbocycles. The number of nitrogens with one attached hydrogen (secondary N) is 1. The zero-order valence-corrected chi connectivity index (χ0v) is 17.2. The Kier molecular flexibility index (Phi) is 6.21. The number of rotatable bonds is 5. The highest BCUT2D eigenvalue weighted by atomic mass is 35.5. The van der Waals surface area contributed by atoms with Crippen molar-refractivity contribution in [2.24, 2.45) is 0 Å². The van der Waals surface area contributed by atoms with Gasteiger partial charge in [-0.05, 0) is 56.2 Å². The fourth-order valence-electron chi connectivity index (χ4n) is 2.56. The number of halogens is 2. The van der Waals surface area contributed by atoms with Crippen LogP contribution in [0.4, 0.5) is 11.4 Å². The Balaban J connectivity index is 2.37. The number of benzene rings is 2. The zero-order chi connectivity index (χ0) is 19.6. The highest BCUT2D eigenvalue weighted by molar-refractivity contribution is 7.92. The molecule has 26 heavy (non-hydrogen) atoms. The largest absolute Gasteiger partial charge is 0.324 e. The molecule has 140 valence electrons. The molecule has 2 aromatic carbocycles. The highest BCUT2D eigenvalue weighted by Gasteiger charge is 2.30. The number of amides is 1. The van der Waals surface area contributed by atoms with Crippen LogP contribution in [0.3, 0.4) is 0 Å². The Labute approximate surface area is 164 Å². The third kappa shape index (κ3) is 4.69.